The molecule has 1 N–H and O–H groups in total. The number of nitrogens with one attached hydrogen (secondary N) is 1. The summed E-state index contributed by atoms with van der Waals surface area (Å²) in [4.78, 5) is 0. The summed E-state index contributed by atoms with van der Waals surface area (Å²) in [6.45, 7) is 9.95. The van der Waals surface area contributed by atoms with Crippen molar-refractivity contribution in [3.63, 3.8) is 0 Å². The van der Waals surface area contributed by atoms with Gasteiger partial charge >= 0.3 is 0 Å². The minimum atomic E-state index is 0.466. The van der Waals surface area contributed by atoms with Gasteiger partial charge in [0.2, 0.25) is 0 Å². The Hall–Kier alpha value is -0.830. The maximum Gasteiger partial charge on any atom is 0.0672 e. The Kier molecular flexibility index (Phi) is 5.69. The normalized spacial score (nSPS) is 13.0. The lowest BCUT2D eigenvalue weighted by Gasteiger charge is -2.18. The van der Waals surface area contributed by atoms with Crippen molar-refractivity contribution in [3.05, 3.63) is 17.0 Å². The van der Waals surface area contributed by atoms with Crippen molar-refractivity contribution in [3.8, 4) is 0 Å². The first-order chi connectivity index (χ1) is 8.19. The van der Waals surface area contributed by atoms with Gasteiger partial charge in [0.25, 0.3) is 0 Å². The predicted octanol–water partition coefficient (Wildman–Crippen LogP) is 3.00. The zero-order valence-electron chi connectivity index (χ0n) is 12.0. The summed E-state index contributed by atoms with van der Waals surface area (Å²) in [5, 5.41) is 8.30. The van der Waals surface area contributed by atoms with Crippen LogP contribution >= 0.6 is 0 Å². The van der Waals surface area contributed by atoms with Crippen molar-refractivity contribution in [2.45, 2.75) is 59.4 Å². The van der Waals surface area contributed by atoms with E-state index in [0.29, 0.717) is 6.04 Å². The van der Waals surface area contributed by atoms with Crippen molar-refractivity contribution in [1.29, 1.82) is 0 Å². The predicted molar refractivity (Wildman–Crippen MR) is 73.3 cm³/mol. The van der Waals surface area contributed by atoms with E-state index >= 15 is 0 Å². The molecule has 0 saturated carbocycles. The largest absolute Gasteiger partial charge is 0.310 e. The standard InChI is InChI=1S/C14H27N3/c1-6-10-15-11(7-2)14-12(8-3)16-17(5)13(14)9-4/h11,15H,6-10H2,1-5H3. The minimum Gasteiger partial charge on any atom is -0.310 e. The molecule has 0 saturated heterocycles. The van der Waals surface area contributed by atoms with Gasteiger partial charge in [-0.2, -0.15) is 5.10 Å². The van der Waals surface area contributed by atoms with Crippen LogP contribution in [0.1, 0.15) is 63.5 Å². The van der Waals surface area contributed by atoms with E-state index in [1.165, 1.54) is 23.4 Å². The average molecular weight is 237 g/mol. The lowest BCUT2D eigenvalue weighted by molar-refractivity contribution is 0.511. The van der Waals surface area contributed by atoms with E-state index in [2.05, 4.69) is 49.8 Å². The van der Waals surface area contributed by atoms with E-state index in [1.54, 1.807) is 0 Å². The van der Waals surface area contributed by atoms with Crippen LogP contribution in [0.4, 0.5) is 0 Å². The van der Waals surface area contributed by atoms with Gasteiger partial charge in [-0.3, -0.25) is 4.68 Å². The van der Waals surface area contributed by atoms with Gasteiger partial charge < -0.3 is 5.32 Å². The number of hydrogen-bond donors (Lipinski definition) is 1. The van der Waals surface area contributed by atoms with E-state index in [9.17, 15) is 0 Å². The first kappa shape index (κ1) is 14.2. The highest BCUT2D eigenvalue weighted by Crippen LogP contribution is 2.25. The zero-order chi connectivity index (χ0) is 12.8. The molecule has 3 nitrogen and oxygen atoms in total. The van der Waals surface area contributed by atoms with Crippen LogP contribution in [0.2, 0.25) is 0 Å². The minimum absolute atomic E-state index is 0.466. The van der Waals surface area contributed by atoms with Crippen molar-refractivity contribution >= 4 is 0 Å². The van der Waals surface area contributed by atoms with Gasteiger partial charge in [0, 0.05) is 24.3 Å². The van der Waals surface area contributed by atoms with Gasteiger partial charge in [-0.1, -0.05) is 27.7 Å². The highest BCUT2D eigenvalue weighted by atomic mass is 15.3. The van der Waals surface area contributed by atoms with Gasteiger partial charge in [0.05, 0.1) is 5.69 Å². The topological polar surface area (TPSA) is 29.9 Å². The van der Waals surface area contributed by atoms with Gasteiger partial charge in [-0.05, 0) is 32.2 Å². The molecule has 1 aromatic rings. The van der Waals surface area contributed by atoms with Gasteiger partial charge in [0.1, 0.15) is 0 Å². The number of hydrogen-bond acceptors (Lipinski definition) is 2. The Balaban J connectivity index is 3.06. The Bertz CT molecular complexity index is 341. The maximum absolute atomic E-state index is 4.65. The molecule has 0 aliphatic heterocycles. The van der Waals surface area contributed by atoms with E-state index in [0.717, 1.165) is 25.8 Å². The molecular formula is C14H27N3. The molecule has 1 unspecified atom stereocenters. The smallest absolute Gasteiger partial charge is 0.0672 e. The van der Waals surface area contributed by atoms with E-state index in [1.807, 2.05) is 0 Å². The highest BCUT2D eigenvalue weighted by Gasteiger charge is 2.20. The number of rotatable bonds is 7. The van der Waals surface area contributed by atoms with Crippen molar-refractivity contribution in [2.75, 3.05) is 6.54 Å². The second kappa shape index (κ2) is 6.80. The van der Waals surface area contributed by atoms with Gasteiger partial charge in [-0.15, -0.1) is 0 Å². The Morgan fingerprint density at radius 2 is 1.88 bits per heavy atom. The molecule has 98 valence electrons. The number of nitrogens with zero attached hydrogens (tertiary/aromatic N) is 2. The summed E-state index contributed by atoms with van der Waals surface area (Å²) < 4.78 is 2.06. The first-order valence-corrected chi connectivity index (χ1v) is 6.97. The van der Waals surface area contributed by atoms with Crippen molar-refractivity contribution in [2.24, 2.45) is 7.05 Å². The summed E-state index contributed by atoms with van der Waals surface area (Å²) >= 11 is 0. The van der Waals surface area contributed by atoms with E-state index in [4.69, 9.17) is 0 Å². The van der Waals surface area contributed by atoms with Crippen molar-refractivity contribution < 1.29 is 0 Å². The van der Waals surface area contributed by atoms with Crippen LogP contribution in [-0.4, -0.2) is 16.3 Å². The molecule has 0 aliphatic carbocycles. The summed E-state index contributed by atoms with van der Waals surface area (Å²) in [6, 6.07) is 0.466. The maximum atomic E-state index is 4.65. The fourth-order valence-corrected chi connectivity index (χ4v) is 2.49. The van der Waals surface area contributed by atoms with Crippen LogP contribution < -0.4 is 5.32 Å². The van der Waals surface area contributed by atoms with E-state index < -0.39 is 0 Å². The van der Waals surface area contributed by atoms with Crippen LogP contribution in [0.5, 0.6) is 0 Å². The van der Waals surface area contributed by atoms with Crippen molar-refractivity contribution in [1.82, 2.24) is 15.1 Å². The Labute approximate surface area is 106 Å². The molecule has 0 fully saturated rings. The molecule has 0 bridgehead atoms. The molecule has 1 aromatic heterocycles. The third-order valence-electron chi connectivity index (χ3n) is 3.35. The second-order valence-electron chi connectivity index (χ2n) is 4.55. The molecule has 17 heavy (non-hydrogen) atoms. The molecule has 0 radical (unpaired) electrons. The third-order valence-corrected chi connectivity index (χ3v) is 3.35. The summed E-state index contributed by atoms with van der Waals surface area (Å²) in [6.07, 6.45) is 4.39. The second-order valence-corrected chi connectivity index (χ2v) is 4.55. The summed E-state index contributed by atoms with van der Waals surface area (Å²) in [7, 11) is 2.06. The number of aryl methyl sites for hydroxylation is 2. The summed E-state index contributed by atoms with van der Waals surface area (Å²) in [5.74, 6) is 0. The molecular weight excluding hydrogens is 210 g/mol. The third kappa shape index (κ3) is 3.09. The van der Waals surface area contributed by atoms with Crippen LogP contribution in [0.25, 0.3) is 0 Å². The molecule has 0 spiro atoms. The Morgan fingerprint density at radius 1 is 1.18 bits per heavy atom. The molecule has 1 heterocycles. The highest BCUT2D eigenvalue weighted by molar-refractivity contribution is 5.30. The molecule has 1 rings (SSSR count). The van der Waals surface area contributed by atoms with Crippen LogP contribution in [-0.2, 0) is 19.9 Å². The lowest BCUT2D eigenvalue weighted by Crippen LogP contribution is -2.23. The molecule has 1 atom stereocenters. The summed E-state index contributed by atoms with van der Waals surface area (Å²) in [5.41, 5.74) is 4.10. The molecule has 0 aliphatic rings. The monoisotopic (exact) mass is 237 g/mol. The van der Waals surface area contributed by atoms with Crippen LogP contribution in [0.3, 0.4) is 0 Å². The lowest BCUT2D eigenvalue weighted by atomic mass is 9.99. The van der Waals surface area contributed by atoms with Gasteiger partial charge in [-0.25, -0.2) is 0 Å². The molecule has 3 heteroatoms. The average Bonchev–Trinajstić information content (AvgIpc) is 2.66. The fraction of sp³-hybridized carbons (Fsp3) is 0.786. The van der Waals surface area contributed by atoms with Crippen LogP contribution in [0, 0.1) is 0 Å². The van der Waals surface area contributed by atoms with Gasteiger partial charge in [0.15, 0.2) is 0 Å². The fourth-order valence-electron chi connectivity index (χ4n) is 2.49. The SMILES string of the molecule is CCCNC(CC)c1c(CC)nn(C)c1CC. The Morgan fingerprint density at radius 3 is 2.35 bits per heavy atom. The number of aromatic nitrogens is 2. The molecule has 0 aromatic carbocycles. The van der Waals surface area contributed by atoms with Crippen LogP contribution in [0.15, 0.2) is 0 Å². The quantitative estimate of drug-likeness (QED) is 0.790. The molecule has 0 amide bonds. The first-order valence-electron chi connectivity index (χ1n) is 6.97. The zero-order valence-corrected chi connectivity index (χ0v) is 12.0. The van der Waals surface area contributed by atoms with E-state index in [-0.39, 0.29) is 0 Å².